The Bertz CT molecular complexity index is 838. The number of hydrogen-bond donors (Lipinski definition) is 0. The maximum absolute atomic E-state index is 13.0. The summed E-state index contributed by atoms with van der Waals surface area (Å²) in [4.78, 5) is 28.0. The summed E-state index contributed by atoms with van der Waals surface area (Å²) in [5.41, 5.74) is -0.417. The Hall–Kier alpha value is -2.36. The van der Waals surface area contributed by atoms with Crippen molar-refractivity contribution in [2.45, 2.75) is 18.1 Å². The second-order valence-electron chi connectivity index (χ2n) is 6.00. The minimum Gasteiger partial charge on any atom is -0.353 e. The molecule has 0 spiro atoms. The largest absolute Gasteiger partial charge is 0.433 e. The lowest BCUT2D eigenvalue weighted by Crippen LogP contribution is -2.49. The number of carbonyl (C=O) groups excluding carboxylic acids is 1. The number of aryl methyl sites for hydroxylation is 1. The molecule has 27 heavy (non-hydrogen) atoms. The number of alkyl halides is 3. The average molecular weight is 397 g/mol. The van der Waals surface area contributed by atoms with Crippen molar-refractivity contribution in [3.63, 3.8) is 0 Å². The summed E-state index contributed by atoms with van der Waals surface area (Å²) in [6, 6.07) is 4.40. The van der Waals surface area contributed by atoms with Crippen molar-refractivity contribution in [1.82, 2.24) is 19.9 Å². The van der Waals surface area contributed by atoms with Gasteiger partial charge >= 0.3 is 6.18 Å². The molecule has 0 bridgehead atoms. The number of aromatic nitrogens is 3. The quantitative estimate of drug-likeness (QED) is 0.743. The van der Waals surface area contributed by atoms with Crippen LogP contribution in [0, 0.1) is 6.92 Å². The van der Waals surface area contributed by atoms with Gasteiger partial charge in [-0.05, 0) is 25.3 Å². The number of carbonyl (C=O) groups is 1. The van der Waals surface area contributed by atoms with Crippen LogP contribution in [-0.2, 0) is 6.18 Å². The SMILES string of the molecule is CSc1ncccc1C(=O)N1CCN(c2cc(C(F)(F)F)nc(C)n2)CC1. The Kier molecular flexibility index (Phi) is 5.54. The van der Waals surface area contributed by atoms with Gasteiger partial charge < -0.3 is 9.80 Å². The summed E-state index contributed by atoms with van der Waals surface area (Å²) < 4.78 is 38.9. The van der Waals surface area contributed by atoms with Crippen molar-refractivity contribution >= 4 is 23.5 Å². The van der Waals surface area contributed by atoms with Crippen LogP contribution >= 0.6 is 11.8 Å². The molecular weight excluding hydrogens is 379 g/mol. The smallest absolute Gasteiger partial charge is 0.353 e. The van der Waals surface area contributed by atoms with E-state index >= 15 is 0 Å². The highest BCUT2D eigenvalue weighted by atomic mass is 32.2. The van der Waals surface area contributed by atoms with Crippen LogP contribution < -0.4 is 4.90 Å². The Morgan fingerprint density at radius 3 is 2.52 bits per heavy atom. The van der Waals surface area contributed by atoms with E-state index in [2.05, 4.69) is 15.0 Å². The molecule has 2 aromatic heterocycles. The summed E-state index contributed by atoms with van der Waals surface area (Å²) in [6.45, 7) is 3.02. The maximum atomic E-state index is 13.0. The van der Waals surface area contributed by atoms with Crippen molar-refractivity contribution in [3.05, 3.63) is 41.5 Å². The molecule has 3 rings (SSSR count). The number of piperazine rings is 1. The van der Waals surface area contributed by atoms with E-state index in [0.29, 0.717) is 36.8 Å². The monoisotopic (exact) mass is 397 g/mol. The molecule has 0 aromatic carbocycles. The number of halogens is 3. The summed E-state index contributed by atoms with van der Waals surface area (Å²) in [7, 11) is 0. The number of pyridine rings is 1. The fourth-order valence-corrected chi connectivity index (χ4v) is 3.43. The van der Waals surface area contributed by atoms with E-state index < -0.39 is 11.9 Å². The number of thioether (sulfide) groups is 1. The predicted molar refractivity (Wildman–Crippen MR) is 95.9 cm³/mol. The predicted octanol–water partition coefficient (Wildman–Crippen LogP) is 2.88. The first kappa shape index (κ1) is 19.4. The summed E-state index contributed by atoms with van der Waals surface area (Å²) in [5.74, 6) is 0.174. The lowest BCUT2D eigenvalue weighted by atomic mass is 10.2. The van der Waals surface area contributed by atoms with E-state index in [4.69, 9.17) is 0 Å². The Morgan fingerprint density at radius 2 is 1.89 bits per heavy atom. The zero-order valence-corrected chi connectivity index (χ0v) is 15.6. The minimum atomic E-state index is -4.52. The number of rotatable bonds is 3. The molecule has 1 fully saturated rings. The van der Waals surface area contributed by atoms with Gasteiger partial charge in [0.1, 0.15) is 22.4 Å². The average Bonchev–Trinajstić information content (AvgIpc) is 2.66. The van der Waals surface area contributed by atoms with Gasteiger partial charge in [0, 0.05) is 38.4 Å². The molecular formula is C17H18F3N5OS. The highest BCUT2D eigenvalue weighted by Gasteiger charge is 2.34. The Balaban J connectivity index is 1.72. The van der Waals surface area contributed by atoms with Gasteiger partial charge in [-0.3, -0.25) is 4.79 Å². The number of nitrogens with zero attached hydrogens (tertiary/aromatic N) is 5. The molecule has 3 heterocycles. The van der Waals surface area contributed by atoms with Crippen LogP contribution in [0.1, 0.15) is 21.9 Å². The van der Waals surface area contributed by atoms with E-state index in [1.807, 2.05) is 6.26 Å². The number of hydrogen-bond acceptors (Lipinski definition) is 6. The van der Waals surface area contributed by atoms with E-state index in [1.165, 1.54) is 18.7 Å². The second-order valence-corrected chi connectivity index (χ2v) is 6.79. The van der Waals surface area contributed by atoms with Crippen molar-refractivity contribution in [1.29, 1.82) is 0 Å². The van der Waals surface area contributed by atoms with Gasteiger partial charge in [-0.15, -0.1) is 11.8 Å². The third kappa shape index (κ3) is 4.32. The van der Waals surface area contributed by atoms with Crippen LogP contribution in [0.15, 0.2) is 29.4 Å². The molecule has 10 heteroatoms. The highest BCUT2D eigenvalue weighted by Crippen LogP contribution is 2.30. The number of amides is 1. The van der Waals surface area contributed by atoms with Crippen molar-refractivity contribution in [3.8, 4) is 0 Å². The van der Waals surface area contributed by atoms with E-state index in [0.717, 1.165) is 6.07 Å². The molecule has 1 aliphatic rings. The van der Waals surface area contributed by atoms with Crippen LogP contribution in [0.5, 0.6) is 0 Å². The van der Waals surface area contributed by atoms with Crippen LogP contribution in [0.4, 0.5) is 19.0 Å². The van der Waals surface area contributed by atoms with Crippen LogP contribution in [0.3, 0.4) is 0 Å². The van der Waals surface area contributed by atoms with Gasteiger partial charge in [0.05, 0.1) is 5.56 Å². The van der Waals surface area contributed by atoms with Gasteiger partial charge in [0.25, 0.3) is 5.91 Å². The normalized spacial score (nSPS) is 15.1. The van der Waals surface area contributed by atoms with Crippen LogP contribution in [-0.4, -0.2) is 58.2 Å². The van der Waals surface area contributed by atoms with Gasteiger partial charge in [-0.2, -0.15) is 13.2 Å². The van der Waals surface area contributed by atoms with Crippen LogP contribution in [0.25, 0.3) is 0 Å². The van der Waals surface area contributed by atoms with Gasteiger partial charge in [-0.25, -0.2) is 15.0 Å². The molecule has 0 saturated carbocycles. The first-order chi connectivity index (χ1) is 12.8. The number of anilines is 1. The minimum absolute atomic E-state index is 0.0679. The van der Waals surface area contributed by atoms with E-state index in [-0.39, 0.29) is 17.5 Å². The van der Waals surface area contributed by atoms with Gasteiger partial charge in [-0.1, -0.05) is 0 Å². The van der Waals surface area contributed by atoms with Gasteiger partial charge in [0.15, 0.2) is 0 Å². The van der Waals surface area contributed by atoms with Crippen molar-refractivity contribution in [2.75, 3.05) is 37.3 Å². The first-order valence-electron chi connectivity index (χ1n) is 8.25. The lowest BCUT2D eigenvalue weighted by Gasteiger charge is -2.35. The third-order valence-corrected chi connectivity index (χ3v) is 4.91. The zero-order valence-electron chi connectivity index (χ0n) is 14.8. The van der Waals surface area contributed by atoms with Crippen molar-refractivity contribution in [2.24, 2.45) is 0 Å². The van der Waals surface area contributed by atoms with E-state index in [9.17, 15) is 18.0 Å². The lowest BCUT2D eigenvalue weighted by molar-refractivity contribution is -0.141. The Labute approximate surface area is 158 Å². The third-order valence-electron chi connectivity index (χ3n) is 4.20. The fraction of sp³-hybridized carbons (Fsp3) is 0.412. The standard InChI is InChI=1S/C17H18F3N5OS/c1-11-22-13(17(18,19)20)10-14(23-11)24-6-8-25(9-7-24)16(26)12-4-3-5-21-15(12)27-2/h3-5,10H,6-9H2,1-2H3. The van der Waals surface area contributed by atoms with Crippen molar-refractivity contribution < 1.29 is 18.0 Å². The molecule has 1 saturated heterocycles. The molecule has 0 aliphatic carbocycles. The first-order valence-corrected chi connectivity index (χ1v) is 9.48. The molecule has 0 radical (unpaired) electrons. The fourth-order valence-electron chi connectivity index (χ4n) is 2.88. The van der Waals surface area contributed by atoms with Crippen LogP contribution in [0.2, 0.25) is 0 Å². The van der Waals surface area contributed by atoms with E-state index in [1.54, 1.807) is 28.1 Å². The zero-order chi connectivity index (χ0) is 19.6. The Morgan fingerprint density at radius 1 is 1.19 bits per heavy atom. The molecule has 2 aromatic rings. The topological polar surface area (TPSA) is 62.2 Å². The summed E-state index contributed by atoms with van der Waals surface area (Å²) in [5, 5.41) is 0.658. The molecule has 144 valence electrons. The maximum Gasteiger partial charge on any atom is 0.433 e. The molecule has 0 unspecified atom stereocenters. The molecule has 6 nitrogen and oxygen atoms in total. The molecule has 0 atom stereocenters. The highest BCUT2D eigenvalue weighted by molar-refractivity contribution is 7.98. The summed E-state index contributed by atoms with van der Waals surface area (Å²) in [6.07, 6.45) is -1.03. The van der Waals surface area contributed by atoms with Gasteiger partial charge in [0.2, 0.25) is 0 Å². The molecule has 1 aliphatic heterocycles. The molecule has 1 amide bonds. The summed E-state index contributed by atoms with van der Waals surface area (Å²) >= 11 is 1.40. The second kappa shape index (κ2) is 7.71. The molecule has 0 N–H and O–H groups in total.